The van der Waals surface area contributed by atoms with Crippen LogP contribution in [0.15, 0.2) is 21.3 Å². The fourth-order valence-electron chi connectivity index (χ4n) is 5.32. The van der Waals surface area contributed by atoms with Crippen LogP contribution in [-0.2, 0) is 14.4 Å². The molecule has 1 aliphatic heterocycles. The molecule has 1 saturated carbocycles. The van der Waals surface area contributed by atoms with Crippen LogP contribution in [0.3, 0.4) is 0 Å². The Bertz CT molecular complexity index is 1270. The molecule has 2 aliphatic rings. The van der Waals surface area contributed by atoms with E-state index in [9.17, 15) is 24.3 Å². The summed E-state index contributed by atoms with van der Waals surface area (Å²) in [5, 5.41) is 16.4. The van der Waals surface area contributed by atoms with E-state index < -0.39 is 23.0 Å². The Balaban J connectivity index is 1.24. The molecule has 37 heavy (non-hydrogen) atoms. The molecule has 1 aromatic carbocycles. The highest BCUT2D eigenvalue weighted by Crippen LogP contribution is 2.39. The van der Waals surface area contributed by atoms with Crippen LogP contribution in [-0.4, -0.2) is 66.1 Å². The van der Waals surface area contributed by atoms with Crippen LogP contribution in [0.1, 0.15) is 48.8 Å². The second kappa shape index (κ2) is 10.9. The van der Waals surface area contributed by atoms with Crippen LogP contribution >= 0.6 is 0 Å². The number of aliphatic hydroxyl groups is 1. The summed E-state index contributed by atoms with van der Waals surface area (Å²) in [6.45, 7) is 5.49. The maximum Gasteiger partial charge on any atom is 0.339 e. The number of ether oxygens (including phenoxy) is 1. The van der Waals surface area contributed by atoms with Gasteiger partial charge in [0, 0.05) is 24.6 Å². The first kappa shape index (κ1) is 26.7. The van der Waals surface area contributed by atoms with E-state index >= 15 is 0 Å². The molecule has 2 fully saturated rings. The number of aryl methyl sites for hydroxylation is 2. The lowest BCUT2D eigenvalue weighted by Crippen LogP contribution is -2.56. The van der Waals surface area contributed by atoms with Gasteiger partial charge < -0.3 is 29.8 Å². The monoisotopic (exact) mass is 513 g/mol. The predicted octanol–water partition coefficient (Wildman–Crippen LogP) is 1.48. The molecule has 2 heterocycles. The number of carbonyl (C=O) groups excluding carboxylic acids is 3. The maximum absolute atomic E-state index is 12.6. The van der Waals surface area contributed by atoms with Gasteiger partial charge in [-0.2, -0.15) is 0 Å². The number of carbonyl (C=O) groups is 3. The zero-order valence-corrected chi connectivity index (χ0v) is 21.6. The third kappa shape index (κ3) is 5.95. The summed E-state index contributed by atoms with van der Waals surface area (Å²) >= 11 is 0. The molecule has 4 rings (SSSR count). The first-order valence-electron chi connectivity index (χ1n) is 12.8. The smallest absolute Gasteiger partial charge is 0.339 e. The van der Waals surface area contributed by atoms with E-state index in [4.69, 9.17) is 9.15 Å². The van der Waals surface area contributed by atoms with Gasteiger partial charge in [0.2, 0.25) is 11.8 Å². The molecular weight excluding hydrogens is 478 g/mol. The van der Waals surface area contributed by atoms with Crippen molar-refractivity contribution in [1.82, 2.24) is 15.5 Å². The Kier molecular flexibility index (Phi) is 7.87. The Hall–Kier alpha value is -3.40. The Morgan fingerprint density at radius 3 is 2.62 bits per heavy atom. The van der Waals surface area contributed by atoms with Crippen LogP contribution < -0.4 is 21.0 Å². The summed E-state index contributed by atoms with van der Waals surface area (Å²) in [6.07, 6.45) is 4.34. The SMILES string of the molecule is Cc1cc(OCC(=O)NCC(=O)NCC(=O)N2CCC3(O)CCCCC3C2)c2c(C)c(C)c(=O)oc2c1. The molecule has 3 N–H and O–H groups in total. The number of hydrogen-bond donors (Lipinski definition) is 3. The van der Waals surface area contributed by atoms with Gasteiger partial charge in [-0.3, -0.25) is 14.4 Å². The summed E-state index contributed by atoms with van der Waals surface area (Å²) in [4.78, 5) is 50.8. The molecule has 2 unspecified atom stereocenters. The van der Waals surface area contributed by atoms with Gasteiger partial charge in [0.1, 0.15) is 11.3 Å². The Labute approximate surface area is 215 Å². The molecule has 2 atom stereocenters. The molecular formula is C27H35N3O7. The fraction of sp³-hybridized carbons (Fsp3) is 0.556. The van der Waals surface area contributed by atoms with E-state index in [1.54, 1.807) is 30.9 Å². The molecule has 1 aliphatic carbocycles. The largest absolute Gasteiger partial charge is 0.483 e. The van der Waals surface area contributed by atoms with Crippen molar-refractivity contribution in [3.05, 3.63) is 39.2 Å². The minimum absolute atomic E-state index is 0.0863. The lowest BCUT2D eigenvalue weighted by Gasteiger charge is -2.47. The summed E-state index contributed by atoms with van der Waals surface area (Å²) in [5.41, 5.74) is 1.29. The third-order valence-corrected chi connectivity index (χ3v) is 7.68. The van der Waals surface area contributed by atoms with Gasteiger partial charge in [0.25, 0.3) is 5.91 Å². The highest BCUT2D eigenvalue weighted by Gasteiger charge is 2.43. The summed E-state index contributed by atoms with van der Waals surface area (Å²) in [7, 11) is 0. The number of hydrogen-bond acceptors (Lipinski definition) is 7. The van der Waals surface area contributed by atoms with Crippen LogP contribution in [0.4, 0.5) is 0 Å². The van der Waals surface area contributed by atoms with E-state index in [-0.39, 0.29) is 31.5 Å². The van der Waals surface area contributed by atoms with E-state index in [0.717, 1.165) is 31.2 Å². The number of likely N-dealkylation sites (tertiary alicyclic amines) is 1. The molecule has 1 saturated heterocycles. The van der Waals surface area contributed by atoms with Gasteiger partial charge in [-0.15, -0.1) is 0 Å². The molecule has 1 aromatic heterocycles. The summed E-state index contributed by atoms with van der Waals surface area (Å²) in [6, 6.07) is 3.50. The molecule has 10 nitrogen and oxygen atoms in total. The molecule has 0 bridgehead atoms. The van der Waals surface area contributed by atoms with Crippen molar-refractivity contribution in [3.63, 3.8) is 0 Å². The first-order chi connectivity index (χ1) is 17.6. The number of benzene rings is 1. The van der Waals surface area contributed by atoms with Gasteiger partial charge in [-0.05, 0) is 63.3 Å². The number of nitrogens with one attached hydrogen (secondary N) is 2. The highest BCUT2D eigenvalue weighted by atomic mass is 16.5. The number of rotatable bonds is 7. The van der Waals surface area contributed by atoms with Crippen molar-refractivity contribution >= 4 is 28.7 Å². The second-order valence-corrected chi connectivity index (χ2v) is 10.3. The van der Waals surface area contributed by atoms with Crippen molar-refractivity contribution in [1.29, 1.82) is 0 Å². The average Bonchev–Trinajstić information content (AvgIpc) is 2.86. The predicted molar refractivity (Wildman–Crippen MR) is 136 cm³/mol. The molecule has 3 amide bonds. The second-order valence-electron chi connectivity index (χ2n) is 10.3. The quantitative estimate of drug-likeness (QED) is 0.477. The molecule has 0 radical (unpaired) electrons. The lowest BCUT2D eigenvalue weighted by atomic mass is 9.71. The van der Waals surface area contributed by atoms with Crippen LogP contribution in [0, 0.1) is 26.7 Å². The van der Waals surface area contributed by atoms with Crippen LogP contribution in [0.5, 0.6) is 5.75 Å². The Morgan fingerprint density at radius 1 is 1.08 bits per heavy atom. The standard InChI is InChI=1S/C27H35N3O7/c1-16-10-20(25-17(2)18(3)26(34)37-21(25)11-16)36-15-23(32)28-12-22(31)29-13-24(33)30-9-8-27(35)7-5-4-6-19(27)14-30/h10-11,19,35H,4-9,12-15H2,1-3H3,(H,28,32)(H,29,31). The maximum atomic E-state index is 12.6. The molecule has 200 valence electrons. The van der Waals surface area contributed by atoms with Gasteiger partial charge in [0.15, 0.2) is 6.61 Å². The summed E-state index contributed by atoms with van der Waals surface area (Å²) in [5.74, 6) is -0.684. The zero-order chi connectivity index (χ0) is 26.7. The number of amides is 3. The first-order valence-corrected chi connectivity index (χ1v) is 12.8. The minimum Gasteiger partial charge on any atom is -0.483 e. The molecule has 10 heteroatoms. The van der Waals surface area contributed by atoms with Gasteiger partial charge in [0.05, 0.1) is 24.1 Å². The third-order valence-electron chi connectivity index (χ3n) is 7.68. The zero-order valence-electron chi connectivity index (χ0n) is 21.6. The fourth-order valence-corrected chi connectivity index (χ4v) is 5.32. The molecule has 2 aromatic rings. The van der Waals surface area contributed by atoms with Gasteiger partial charge >= 0.3 is 5.63 Å². The van der Waals surface area contributed by atoms with Crippen molar-refractivity contribution in [2.24, 2.45) is 5.92 Å². The highest BCUT2D eigenvalue weighted by molar-refractivity contribution is 5.90. The summed E-state index contributed by atoms with van der Waals surface area (Å²) < 4.78 is 11.1. The number of piperidine rings is 1. The van der Waals surface area contributed by atoms with Crippen molar-refractivity contribution in [2.75, 3.05) is 32.8 Å². The van der Waals surface area contributed by atoms with E-state index in [0.29, 0.717) is 47.4 Å². The van der Waals surface area contributed by atoms with Crippen LogP contribution in [0.25, 0.3) is 11.0 Å². The van der Waals surface area contributed by atoms with Gasteiger partial charge in [-0.25, -0.2) is 4.79 Å². The van der Waals surface area contributed by atoms with Gasteiger partial charge in [-0.1, -0.05) is 12.8 Å². The normalized spacial score (nSPS) is 21.3. The van der Waals surface area contributed by atoms with Crippen molar-refractivity contribution < 1.29 is 28.6 Å². The lowest BCUT2D eigenvalue weighted by molar-refractivity contribution is -0.143. The average molecular weight is 514 g/mol. The topological polar surface area (TPSA) is 138 Å². The van der Waals surface area contributed by atoms with Crippen LogP contribution in [0.2, 0.25) is 0 Å². The van der Waals surface area contributed by atoms with E-state index in [1.807, 2.05) is 6.92 Å². The van der Waals surface area contributed by atoms with Crippen molar-refractivity contribution in [2.45, 2.75) is 58.5 Å². The molecule has 0 spiro atoms. The minimum atomic E-state index is -0.666. The number of fused-ring (bicyclic) bond motifs is 2. The Morgan fingerprint density at radius 2 is 1.84 bits per heavy atom. The van der Waals surface area contributed by atoms with Crippen molar-refractivity contribution in [3.8, 4) is 5.75 Å². The van der Waals surface area contributed by atoms with E-state index in [1.165, 1.54) is 0 Å². The van der Waals surface area contributed by atoms with E-state index in [2.05, 4.69) is 10.6 Å². The number of nitrogens with zero attached hydrogens (tertiary/aromatic N) is 1.